The van der Waals surface area contributed by atoms with Crippen LogP contribution in [0, 0.1) is 5.92 Å². The first-order chi connectivity index (χ1) is 12.5. The molecule has 2 aromatic rings. The summed E-state index contributed by atoms with van der Waals surface area (Å²) in [6, 6.07) is 7.73. The molecule has 1 aromatic carbocycles. The predicted octanol–water partition coefficient (Wildman–Crippen LogP) is 3.51. The molecule has 6 heteroatoms. The van der Waals surface area contributed by atoms with Crippen molar-refractivity contribution in [2.75, 3.05) is 13.2 Å². The summed E-state index contributed by atoms with van der Waals surface area (Å²) < 4.78 is 13.3. The third-order valence-corrected chi connectivity index (χ3v) is 4.57. The van der Waals surface area contributed by atoms with Crippen LogP contribution in [0.2, 0.25) is 0 Å². The van der Waals surface area contributed by atoms with Crippen LogP contribution in [0.1, 0.15) is 51.3 Å². The SMILES string of the molecule is CC(C)[C@@H](NC(=O)C[C@H](C)n1cccn1)c1ccc2c(c1)OCCCO2. The monoisotopic (exact) mass is 357 g/mol. The number of carbonyl (C=O) groups excluding carboxylic acids is 1. The highest BCUT2D eigenvalue weighted by Crippen LogP contribution is 2.34. The molecule has 3 rings (SSSR count). The largest absolute Gasteiger partial charge is 0.490 e. The van der Waals surface area contributed by atoms with Crippen LogP contribution in [0.4, 0.5) is 0 Å². The van der Waals surface area contributed by atoms with Crippen molar-refractivity contribution in [3.63, 3.8) is 0 Å². The summed E-state index contributed by atoms with van der Waals surface area (Å²) in [5.74, 6) is 1.79. The Balaban J connectivity index is 1.71. The minimum Gasteiger partial charge on any atom is -0.490 e. The Kier molecular flexibility index (Phi) is 5.81. The molecule has 2 heterocycles. The summed E-state index contributed by atoms with van der Waals surface area (Å²) in [6.45, 7) is 7.51. The summed E-state index contributed by atoms with van der Waals surface area (Å²) >= 11 is 0. The summed E-state index contributed by atoms with van der Waals surface area (Å²) in [5.41, 5.74) is 1.03. The number of carbonyl (C=O) groups is 1. The zero-order chi connectivity index (χ0) is 18.5. The molecule has 2 atom stereocenters. The van der Waals surface area contributed by atoms with Gasteiger partial charge in [0.05, 0.1) is 25.3 Å². The molecular weight excluding hydrogens is 330 g/mol. The third-order valence-electron chi connectivity index (χ3n) is 4.57. The van der Waals surface area contributed by atoms with Crippen LogP contribution in [0.15, 0.2) is 36.7 Å². The van der Waals surface area contributed by atoms with Crippen molar-refractivity contribution in [2.24, 2.45) is 5.92 Å². The Morgan fingerprint density at radius 2 is 2.00 bits per heavy atom. The highest BCUT2D eigenvalue weighted by molar-refractivity contribution is 5.77. The van der Waals surface area contributed by atoms with Gasteiger partial charge in [-0.1, -0.05) is 19.9 Å². The lowest BCUT2D eigenvalue weighted by molar-refractivity contribution is -0.122. The van der Waals surface area contributed by atoms with Gasteiger partial charge in [-0.15, -0.1) is 0 Å². The highest BCUT2D eigenvalue weighted by Gasteiger charge is 2.22. The van der Waals surface area contributed by atoms with Crippen molar-refractivity contribution in [1.82, 2.24) is 15.1 Å². The van der Waals surface area contributed by atoms with E-state index in [1.54, 1.807) is 10.9 Å². The number of rotatable bonds is 6. The predicted molar refractivity (Wildman–Crippen MR) is 99.3 cm³/mol. The molecule has 140 valence electrons. The van der Waals surface area contributed by atoms with Gasteiger partial charge in [-0.05, 0) is 36.6 Å². The van der Waals surface area contributed by atoms with Crippen molar-refractivity contribution in [3.05, 3.63) is 42.2 Å². The summed E-state index contributed by atoms with van der Waals surface area (Å²) in [7, 11) is 0. The van der Waals surface area contributed by atoms with Gasteiger partial charge in [0.1, 0.15) is 0 Å². The molecule has 0 saturated carbocycles. The van der Waals surface area contributed by atoms with E-state index in [1.165, 1.54) is 0 Å². The molecule has 0 fully saturated rings. The number of nitrogens with one attached hydrogen (secondary N) is 1. The van der Waals surface area contributed by atoms with Gasteiger partial charge in [0.2, 0.25) is 5.91 Å². The Labute approximate surface area is 154 Å². The summed E-state index contributed by atoms with van der Waals surface area (Å²) in [5, 5.41) is 7.38. The second kappa shape index (κ2) is 8.25. The molecule has 1 N–H and O–H groups in total. The zero-order valence-electron chi connectivity index (χ0n) is 15.6. The fourth-order valence-electron chi connectivity index (χ4n) is 3.14. The van der Waals surface area contributed by atoms with E-state index in [2.05, 4.69) is 24.3 Å². The van der Waals surface area contributed by atoms with Gasteiger partial charge in [-0.3, -0.25) is 9.48 Å². The molecule has 0 spiro atoms. The molecule has 6 nitrogen and oxygen atoms in total. The van der Waals surface area contributed by atoms with Crippen LogP contribution in [0.3, 0.4) is 0 Å². The fraction of sp³-hybridized carbons (Fsp3) is 0.500. The fourth-order valence-corrected chi connectivity index (χ4v) is 3.14. The first kappa shape index (κ1) is 18.3. The Morgan fingerprint density at radius 3 is 2.69 bits per heavy atom. The molecule has 0 radical (unpaired) electrons. The van der Waals surface area contributed by atoms with E-state index in [0.29, 0.717) is 19.6 Å². The Hall–Kier alpha value is -2.50. The van der Waals surface area contributed by atoms with Crippen LogP contribution in [0.5, 0.6) is 11.5 Å². The molecule has 1 aliphatic rings. The van der Waals surface area contributed by atoms with E-state index < -0.39 is 0 Å². The Bertz CT molecular complexity index is 728. The molecule has 0 saturated heterocycles. The zero-order valence-corrected chi connectivity index (χ0v) is 15.6. The van der Waals surface area contributed by atoms with Crippen molar-refractivity contribution in [1.29, 1.82) is 0 Å². The van der Waals surface area contributed by atoms with Crippen LogP contribution >= 0.6 is 0 Å². The number of benzene rings is 1. The summed E-state index contributed by atoms with van der Waals surface area (Å²) in [4.78, 5) is 12.6. The minimum atomic E-state index is -0.0792. The van der Waals surface area contributed by atoms with Crippen LogP contribution in [-0.2, 0) is 4.79 Å². The molecule has 0 bridgehead atoms. The molecule has 0 unspecified atom stereocenters. The second-order valence-electron chi connectivity index (χ2n) is 7.09. The van der Waals surface area contributed by atoms with Crippen molar-refractivity contribution in [3.8, 4) is 11.5 Å². The second-order valence-corrected chi connectivity index (χ2v) is 7.09. The van der Waals surface area contributed by atoms with Gasteiger partial charge >= 0.3 is 0 Å². The number of hydrogen-bond donors (Lipinski definition) is 1. The lowest BCUT2D eigenvalue weighted by Gasteiger charge is -2.24. The average molecular weight is 357 g/mol. The number of nitrogens with zero attached hydrogens (tertiary/aromatic N) is 2. The van der Waals surface area contributed by atoms with Gasteiger partial charge < -0.3 is 14.8 Å². The molecule has 26 heavy (non-hydrogen) atoms. The van der Waals surface area contributed by atoms with E-state index in [4.69, 9.17) is 9.47 Å². The van der Waals surface area contributed by atoms with Crippen molar-refractivity contribution in [2.45, 2.75) is 45.7 Å². The van der Waals surface area contributed by atoms with Gasteiger partial charge in [0.15, 0.2) is 11.5 Å². The summed E-state index contributed by atoms with van der Waals surface area (Å²) in [6.07, 6.45) is 4.86. The van der Waals surface area contributed by atoms with E-state index in [0.717, 1.165) is 23.5 Å². The number of aromatic nitrogens is 2. The maximum Gasteiger partial charge on any atom is 0.222 e. The molecule has 0 aliphatic carbocycles. The maximum atomic E-state index is 12.6. The van der Waals surface area contributed by atoms with E-state index >= 15 is 0 Å². The quantitative estimate of drug-likeness (QED) is 0.859. The van der Waals surface area contributed by atoms with Crippen molar-refractivity contribution >= 4 is 5.91 Å². The maximum absolute atomic E-state index is 12.6. The normalized spacial score (nSPS) is 16.0. The first-order valence-corrected chi connectivity index (χ1v) is 9.22. The molecular formula is C20H27N3O3. The Morgan fingerprint density at radius 1 is 1.23 bits per heavy atom. The van der Waals surface area contributed by atoms with Gasteiger partial charge in [-0.25, -0.2) is 0 Å². The molecule has 1 amide bonds. The number of hydrogen-bond acceptors (Lipinski definition) is 4. The third kappa shape index (κ3) is 4.36. The van der Waals surface area contributed by atoms with Crippen LogP contribution in [-0.4, -0.2) is 28.9 Å². The molecule has 1 aromatic heterocycles. The lowest BCUT2D eigenvalue weighted by atomic mass is 9.95. The molecule has 1 aliphatic heterocycles. The number of amides is 1. The number of ether oxygens (including phenoxy) is 2. The first-order valence-electron chi connectivity index (χ1n) is 9.22. The average Bonchev–Trinajstić information content (AvgIpc) is 3.05. The van der Waals surface area contributed by atoms with Crippen LogP contribution < -0.4 is 14.8 Å². The van der Waals surface area contributed by atoms with Gasteiger partial charge in [0, 0.05) is 25.2 Å². The number of fused-ring (bicyclic) bond motifs is 1. The smallest absolute Gasteiger partial charge is 0.222 e. The minimum absolute atomic E-state index is 0.0128. The van der Waals surface area contributed by atoms with E-state index in [9.17, 15) is 4.79 Å². The van der Waals surface area contributed by atoms with Crippen molar-refractivity contribution < 1.29 is 14.3 Å². The standard InChI is InChI=1S/C20H27N3O3/c1-14(2)20(22-19(24)12-15(3)23-9-4-8-21-23)16-6-7-17-18(13-16)26-11-5-10-25-17/h4,6-9,13-15,20H,5,10-12H2,1-3H3,(H,22,24)/t15-,20+/m0/s1. The van der Waals surface area contributed by atoms with Crippen LogP contribution in [0.25, 0.3) is 0 Å². The van der Waals surface area contributed by atoms with E-state index in [-0.39, 0.29) is 23.9 Å². The topological polar surface area (TPSA) is 65.4 Å². The van der Waals surface area contributed by atoms with Gasteiger partial charge in [0.25, 0.3) is 0 Å². The van der Waals surface area contributed by atoms with Gasteiger partial charge in [-0.2, -0.15) is 5.10 Å². The highest BCUT2D eigenvalue weighted by atomic mass is 16.5. The lowest BCUT2D eigenvalue weighted by Crippen LogP contribution is -2.33. The van der Waals surface area contributed by atoms with E-state index in [1.807, 2.05) is 37.4 Å².